The van der Waals surface area contributed by atoms with E-state index in [1.54, 1.807) is 6.07 Å². The number of halogens is 1. The van der Waals surface area contributed by atoms with Crippen LogP contribution in [0.1, 0.15) is 12.8 Å². The van der Waals surface area contributed by atoms with Gasteiger partial charge in [-0.1, -0.05) is 11.6 Å². The van der Waals surface area contributed by atoms with Crippen molar-refractivity contribution in [1.29, 1.82) is 0 Å². The molecule has 92 valence electrons. The zero-order valence-corrected chi connectivity index (χ0v) is 9.93. The van der Waals surface area contributed by atoms with Gasteiger partial charge >= 0.3 is 0 Å². The molecule has 0 spiro atoms. The average Bonchev–Trinajstić information content (AvgIpc) is 3.09. The molecule has 1 aliphatic rings. The van der Waals surface area contributed by atoms with E-state index in [9.17, 15) is 10.1 Å². The van der Waals surface area contributed by atoms with Crippen molar-refractivity contribution in [3.8, 4) is 0 Å². The third kappa shape index (κ3) is 2.68. The lowest BCUT2D eigenvalue weighted by Crippen LogP contribution is -2.29. The second-order valence-corrected chi connectivity index (χ2v) is 4.47. The van der Waals surface area contributed by atoms with E-state index < -0.39 is 4.92 Å². The Kier molecular flexibility index (Phi) is 3.49. The van der Waals surface area contributed by atoms with Crippen LogP contribution in [0.2, 0.25) is 5.02 Å². The first kappa shape index (κ1) is 12.1. The van der Waals surface area contributed by atoms with Gasteiger partial charge in [0.1, 0.15) is 5.69 Å². The van der Waals surface area contributed by atoms with Gasteiger partial charge in [-0.2, -0.15) is 0 Å². The molecule has 1 N–H and O–H groups in total. The summed E-state index contributed by atoms with van der Waals surface area (Å²) in [5, 5.41) is 20.5. The second kappa shape index (κ2) is 4.89. The summed E-state index contributed by atoms with van der Waals surface area (Å²) in [5.41, 5.74) is 0.536. The predicted octanol–water partition coefficient (Wildman–Crippen LogP) is 2.21. The Balaban J connectivity index is 2.39. The topological polar surface area (TPSA) is 66.6 Å². The first-order valence-electron chi connectivity index (χ1n) is 5.45. The molecular formula is C11H13ClN2O3. The van der Waals surface area contributed by atoms with E-state index in [4.69, 9.17) is 16.7 Å². The third-order valence-corrected chi connectivity index (χ3v) is 3.01. The molecular weight excluding hydrogens is 244 g/mol. The molecule has 1 aromatic carbocycles. The van der Waals surface area contributed by atoms with Gasteiger partial charge in [0.15, 0.2) is 0 Å². The van der Waals surface area contributed by atoms with Gasteiger partial charge in [-0.25, -0.2) is 0 Å². The Morgan fingerprint density at radius 2 is 2.24 bits per heavy atom. The molecule has 0 amide bonds. The number of aliphatic hydroxyl groups excluding tert-OH is 1. The van der Waals surface area contributed by atoms with Crippen LogP contribution in [0.5, 0.6) is 0 Å². The molecule has 0 aromatic heterocycles. The van der Waals surface area contributed by atoms with Gasteiger partial charge in [0.25, 0.3) is 5.69 Å². The number of nitro benzene ring substituents is 1. The van der Waals surface area contributed by atoms with E-state index >= 15 is 0 Å². The number of nitrogens with zero attached hydrogens (tertiary/aromatic N) is 2. The van der Waals surface area contributed by atoms with Crippen molar-refractivity contribution >= 4 is 23.0 Å². The number of hydrogen-bond donors (Lipinski definition) is 1. The van der Waals surface area contributed by atoms with E-state index in [0.717, 1.165) is 12.8 Å². The summed E-state index contributed by atoms with van der Waals surface area (Å²) >= 11 is 5.88. The maximum Gasteiger partial charge on any atom is 0.292 e. The highest BCUT2D eigenvalue weighted by Gasteiger charge is 2.32. The highest BCUT2D eigenvalue weighted by molar-refractivity contribution is 6.31. The predicted molar refractivity (Wildman–Crippen MR) is 65.6 cm³/mol. The van der Waals surface area contributed by atoms with E-state index in [-0.39, 0.29) is 12.3 Å². The van der Waals surface area contributed by atoms with Crippen LogP contribution in [0.3, 0.4) is 0 Å². The van der Waals surface area contributed by atoms with Gasteiger partial charge in [-0.05, 0) is 25.0 Å². The maximum atomic E-state index is 11.0. The van der Waals surface area contributed by atoms with Crippen molar-refractivity contribution in [2.45, 2.75) is 18.9 Å². The maximum absolute atomic E-state index is 11.0. The van der Waals surface area contributed by atoms with E-state index in [1.807, 2.05) is 4.90 Å². The minimum Gasteiger partial charge on any atom is -0.395 e. The zero-order valence-electron chi connectivity index (χ0n) is 9.17. The molecule has 0 bridgehead atoms. The number of aliphatic hydroxyl groups is 1. The summed E-state index contributed by atoms with van der Waals surface area (Å²) in [6.07, 6.45) is 2.01. The Bertz CT molecular complexity index is 435. The monoisotopic (exact) mass is 256 g/mol. The first-order chi connectivity index (χ1) is 8.13. The van der Waals surface area contributed by atoms with Crippen LogP contribution in [0.25, 0.3) is 0 Å². The molecule has 1 aromatic rings. The molecule has 1 saturated carbocycles. The van der Waals surface area contributed by atoms with Crippen molar-refractivity contribution in [3.05, 3.63) is 33.3 Å². The molecule has 0 heterocycles. The highest BCUT2D eigenvalue weighted by atomic mass is 35.5. The van der Waals surface area contributed by atoms with E-state index in [2.05, 4.69) is 0 Å². The van der Waals surface area contributed by atoms with Crippen LogP contribution in [-0.4, -0.2) is 29.2 Å². The molecule has 0 radical (unpaired) electrons. The average molecular weight is 257 g/mol. The molecule has 0 aliphatic heterocycles. The molecule has 5 nitrogen and oxygen atoms in total. The standard InChI is InChI=1S/C11H13ClN2O3/c12-8-1-4-10(14(16)17)11(7-8)13(5-6-15)9-2-3-9/h1,4,7,9,15H,2-3,5-6H2. The quantitative estimate of drug-likeness (QED) is 0.648. The molecule has 1 aliphatic carbocycles. The Labute approximate surface area is 104 Å². The molecule has 0 unspecified atom stereocenters. The number of nitro groups is 1. The van der Waals surface area contributed by atoms with Gasteiger partial charge in [0.2, 0.25) is 0 Å². The first-order valence-corrected chi connectivity index (χ1v) is 5.82. The van der Waals surface area contributed by atoms with Crippen LogP contribution >= 0.6 is 11.6 Å². The van der Waals surface area contributed by atoms with Gasteiger partial charge < -0.3 is 10.0 Å². The second-order valence-electron chi connectivity index (χ2n) is 4.04. The Hall–Kier alpha value is -1.33. The molecule has 0 saturated heterocycles. The summed E-state index contributed by atoms with van der Waals surface area (Å²) in [6.45, 7) is 0.367. The summed E-state index contributed by atoms with van der Waals surface area (Å²) in [4.78, 5) is 12.4. The largest absolute Gasteiger partial charge is 0.395 e. The molecule has 6 heteroatoms. The van der Waals surface area contributed by atoms with E-state index in [0.29, 0.717) is 23.3 Å². The lowest BCUT2D eigenvalue weighted by atomic mass is 10.2. The van der Waals surface area contributed by atoms with Crippen molar-refractivity contribution in [1.82, 2.24) is 0 Å². The number of hydrogen-bond acceptors (Lipinski definition) is 4. The summed E-state index contributed by atoms with van der Waals surface area (Å²) in [7, 11) is 0. The fraction of sp³-hybridized carbons (Fsp3) is 0.455. The summed E-state index contributed by atoms with van der Waals surface area (Å²) in [5.74, 6) is 0. The van der Waals surface area contributed by atoms with Gasteiger partial charge in [-0.15, -0.1) is 0 Å². The Morgan fingerprint density at radius 3 is 2.76 bits per heavy atom. The fourth-order valence-electron chi connectivity index (χ4n) is 1.87. The van der Waals surface area contributed by atoms with Gasteiger partial charge in [0, 0.05) is 23.7 Å². The van der Waals surface area contributed by atoms with Gasteiger partial charge in [0.05, 0.1) is 11.5 Å². The summed E-state index contributed by atoms with van der Waals surface area (Å²) in [6, 6.07) is 4.80. The number of rotatable bonds is 5. The molecule has 2 rings (SSSR count). The molecule has 0 atom stereocenters. The molecule has 17 heavy (non-hydrogen) atoms. The summed E-state index contributed by atoms with van der Waals surface area (Å²) < 4.78 is 0. The third-order valence-electron chi connectivity index (χ3n) is 2.77. The smallest absolute Gasteiger partial charge is 0.292 e. The zero-order chi connectivity index (χ0) is 12.4. The number of anilines is 1. The van der Waals surface area contributed by atoms with Crippen LogP contribution in [0.4, 0.5) is 11.4 Å². The van der Waals surface area contributed by atoms with Crippen LogP contribution in [-0.2, 0) is 0 Å². The van der Waals surface area contributed by atoms with Gasteiger partial charge in [-0.3, -0.25) is 10.1 Å². The minimum absolute atomic E-state index is 0.0276. The SMILES string of the molecule is O=[N+]([O-])c1ccc(Cl)cc1N(CCO)C1CC1. The lowest BCUT2D eigenvalue weighted by molar-refractivity contribution is -0.384. The van der Waals surface area contributed by atoms with Crippen molar-refractivity contribution in [2.75, 3.05) is 18.1 Å². The Morgan fingerprint density at radius 1 is 1.53 bits per heavy atom. The van der Waals surface area contributed by atoms with Crippen LogP contribution < -0.4 is 4.90 Å². The lowest BCUT2D eigenvalue weighted by Gasteiger charge is -2.23. The highest BCUT2D eigenvalue weighted by Crippen LogP contribution is 2.37. The van der Waals surface area contributed by atoms with Crippen LogP contribution in [0.15, 0.2) is 18.2 Å². The van der Waals surface area contributed by atoms with Crippen molar-refractivity contribution in [3.63, 3.8) is 0 Å². The number of benzene rings is 1. The van der Waals surface area contributed by atoms with Crippen molar-refractivity contribution in [2.24, 2.45) is 0 Å². The minimum atomic E-state index is -0.418. The van der Waals surface area contributed by atoms with Crippen molar-refractivity contribution < 1.29 is 10.0 Å². The van der Waals surface area contributed by atoms with Crippen LogP contribution in [0, 0.1) is 10.1 Å². The van der Waals surface area contributed by atoms with E-state index in [1.165, 1.54) is 12.1 Å². The molecule has 1 fully saturated rings. The fourth-order valence-corrected chi connectivity index (χ4v) is 2.04. The normalized spacial score (nSPS) is 14.7.